The number of carbonyl (C=O) groups excluding carboxylic acids is 2. The second-order valence-corrected chi connectivity index (χ2v) is 3.40. The molecule has 0 unspecified atom stereocenters. The molecule has 14 heavy (non-hydrogen) atoms. The van der Waals surface area contributed by atoms with Crippen molar-refractivity contribution in [3.63, 3.8) is 0 Å². The molecular formula is C8H14ClN3O2. The van der Waals surface area contributed by atoms with E-state index in [2.05, 4.69) is 10.6 Å². The lowest BCUT2D eigenvalue weighted by Gasteiger charge is -2.28. The van der Waals surface area contributed by atoms with Crippen LogP contribution in [0, 0.1) is 0 Å². The summed E-state index contributed by atoms with van der Waals surface area (Å²) in [5, 5.41) is 5.73. The molecule has 80 valence electrons. The van der Waals surface area contributed by atoms with E-state index >= 15 is 0 Å². The standard InChI is InChI=1S/C8H13N3O2.ClH/c12-7-5-10-8(13)11(7)6-1-3-9-4-2-6;/h6,9H,1-5H2,(H,10,13);1H. The topological polar surface area (TPSA) is 61.4 Å². The Balaban J connectivity index is 0.000000980. The number of urea groups is 1. The molecule has 0 radical (unpaired) electrons. The van der Waals surface area contributed by atoms with Crippen LogP contribution in [-0.2, 0) is 4.79 Å². The lowest BCUT2D eigenvalue weighted by atomic mass is 10.1. The van der Waals surface area contributed by atoms with Crippen LogP contribution in [0.5, 0.6) is 0 Å². The Hall–Kier alpha value is -0.810. The van der Waals surface area contributed by atoms with E-state index in [-0.39, 0.29) is 36.9 Å². The molecule has 2 rings (SSSR count). The van der Waals surface area contributed by atoms with Crippen LogP contribution in [-0.4, -0.2) is 42.5 Å². The molecule has 0 atom stereocenters. The molecule has 0 saturated carbocycles. The Bertz CT molecular complexity index is 225. The highest BCUT2D eigenvalue weighted by Crippen LogP contribution is 2.14. The fourth-order valence-electron chi connectivity index (χ4n) is 1.87. The van der Waals surface area contributed by atoms with E-state index in [1.165, 1.54) is 4.90 Å². The Morgan fingerprint density at radius 3 is 2.36 bits per heavy atom. The third kappa shape index (κ3) is 1.99. The van der Waals surface area contributed by atoms with Crippen molar-refractivity contribution in [2.45, 2.75) is 18.9 Å². The van der Waals surface area contributed by atoms with Gasteiger partial charge in [-0.2, -0.15) is 0 Å². The maximum Gasteiger partial charge on any atom is 0.324 e. The number of nitrogens with one attached hydrogen (secondary N) is 2. The summed E-state index contributed by atoms with van der Waals surface area (Å²) in [5.41, 5.74) is 0. The maximum atomic E-state index is 11.3. The highest BCUT2D eigenvalue weighted by Gasteiger charge is 2.35. The Morgan fingerprint density at radius 1 is 1.21 bits per heavy atom. The minimum absolute atomic E-state index is 0. The van der Waals surface area contributed by atoms with Crippen LogP contribution in [0.25, 0.3) is 0 Å². The van der Waals surface area contributed by atoms with Crippen molar-refractivity contribution in [2.24, 2.45) is 0 Å². The summed E-state index contributed by atoms with van der Waals surface area (Å²) in [6.07, 6.45) is 1.75. The summed E-state index contributed by atoms with van der Waals surface area (Å²) in [6.45, 7) is 1.95. The minimum Gasteiger partial charge on any atom is -0.329 e. The quantitative estimate of drug-likeness (QED) is 0.596. The van der Waals surface area contributed by atoms with Crippen molar-refractivity contribution in [1.82, 2.24) is 15.5 Å². The van der Waals surface area contributed by atoms with Gasteiger partial charge >= 0.3 is 6.03 Å². The Morgan fingerprint density at radius 2 is 1.86 bits per heavy atom. The number of piperidine rings is 1. The molecule has 6 heteroatoms. The first kappa shape index (κ1) is 11.3. The zero-order valence-corrected chi connectivity index (χ0v) is 8.60. The number of nitrogens with zero attached hydrogens (tertiary/aromatic N) is 1. The smallest absolute Gasteiger partial charge is 0.324 e. The van der Waals surface area contributed by atoms with E-state index in [1.807, 2.05) is 0 Å². The summed E-state index contributed by atoms with van der Waals surface area (Å²) < 4.78 is 0. The van der Waals surface area contributed by atoms with Crippen LogP contribution in [0.4, 0.5) is 4.79 Å². The first-order chi connectivity index (χ1) is 6.29. The molecule has 2 aliphatic rings. The molecule has 2 N–H and O–H groups in total. The van der Waals surface area contributed by atoms with Gasteiger partial charge in [0.1, 0.15) is 0 Å². The maximum absolute atomic E-state index is 11.3. The third-order valence-corrected chi connectivity index (χ3v) is 2.55. The highest BCUT2D eigenvalue weighted by molar-refractivity contribution is 6.02. The third-order valence-electron chi connectivity index (χ3n) is 2.55. The number of imide groups is 1. The first-order valence-corrected chi connectivity index (χ1v) is 4.59. The Kier molecular flexibility index (Phi) is 3.71. The molecule has 2 saturated heterocycles. The number of hydrogen-bond acceptors (Lipinski definition) is 3. The van der Waals surface area contributed by atoms with Crippen LogP contribution in [0.1, 0.15) is 12.8 Å². The number of rotatable bonds is 1. The van der Waals surface area contributed by atoms with E-state index in [1.54, 1.807) is 0 Å². The van der Waals surface area contributed by atoms with Gasteiger partial charge < -0.3 is 10.6 Å². The molecule has 2 fully saturated rings. The molecule has 2 heterocycles. The van der Waals surface area contributed by atoms with Gasteiger partial charge in [-0.3, -0.25) is 9.69 Å². The monoisotopic (exact) mass is 219 g/mol. The van der Waals surface area contributed by atoms with Gasteiger partial charge in [0.15, 0.2) is 0 Å². The van der Waals surface area contributed by atoms with Gasteiger partial charge in [-0.1, -0.05) is 0 Å². The second kappa shape index (κ2) is 4.61. The molecular weight excluding hydrogens is 206 g/mol. The van der Waals surface area contributed by atoms with Crippen molar-refractivity contribution in [2.75, 3.05) is 19.6 Å². The lowest BCUT2D eigenvalue weighted by molar-refractivity contribution is -0.126. The average Bonchev–Trinajstić information content (AvgIpc) is 2.48. The van der Waals surface area contributed by atoms with Crippen molar-refractivity contribution in [3.8, 4) is 0 Å². The summed E-state index contributed by atoms with van der Waals surface area (Å²) >= 11 is 0. The van der Waals surface area contributed by atoms with E-state index in [9.17, 15) is 9.59 Å². The lowest BCUT2D eigenvalue weighted by Crippen LogP contribution is -2.46. The van der Waals surface area contributed by atoms with Crippen LogP contribution in [0.15, 0.2) is 0 Å². The predicted molar refractivity (Wildman–Crippen MR) is 53.4 cm³/mol. The summed E-state index contributed by atoms with van der Waals surface area (Å²) in [7, 11) is 0. The van der Waals surface area contributed by atoms with E-state index < -0.39 is 0 Å². The summed E-state index contributed by atoms with van der Waals surface area (Å²) in [5.74, 6) is -0.0862. The minimum atomic E-state index is -0.225. The molecule has 3 amide bonds. The fraction of sp³-hybridized carbons (Fsp3) is 0.750. The zero-order chi connectivity index (χ0) is 9.26. The molecule has 0 spiro atoms. The molecule has 0 bridgehead atoms. The molecule has 5 nitrogen and oxygen atoms in total. The van der Waals surface area contributed by atoms with Gasteiger partial charge in [0.2, 0.25) is 5.91 Å². The normalized spacial score (nSPS) is 23.3. The molecule has 0 aliphatic carbocycles. The first-order valence-electron chi connectivity index (χ1n) is 4.59. The molecule has 0 aromatic carbocycles. The van der Waals surface area contributed by atoms with Crippen LogP contribution >= 0.6 is 12.4 Å². The van der Waals surface area contributed by atoms with Crippen molar-refractivity contribution >= 4 is 24.3 Å². The molecule has 2 aliphatic heterocycles. The second-order valence-electron chi connectivity index (χ2n) is 3.40. The number of halogens is 1. The Labute approximate surface area is 88.6 Å². The van der Waals surface area contributed by atoms with Gasteiger partial charge in [0.25, 0.3) is 0 Å². The van der Waals surface area contributed by atoms with Crippen molar-refractivity contribution in [3.05, 3.63) is 0 Å². The van der Waals surface area contributed by atoms with Gasteiger partial charge in [-0.05, 0) is 25.9 Å². The van der Waals surface area contributed by atoms with Crippen LogP contribution in [0.2, 0.25) is 0 Å². The van der Waals surface area contributed by atoms with E-state index in [4.69, 9.17) is 0 Å². The van der Waals surface area contributed by atoms with Crippen LogP contribution in [0.3, 0.4) is 0 Å². The average molecular weight is 220 g/mol. The number of hydrogen-bond donors (Lipinski definition) is 2. The zero-order valence-electron chi connectivity index (χ0n) is 7.78. The summed E-state index contributed by atoms with van der Waals surface area (Å²) in [6, 6.07) is -0.117. The fourth-order valence-corrected chi connectivity index (χ4v) is 1.87. The van der Waals surface area contributed by atoms with Crippen LogP contribution < -0.4 is 10.6 Å². The van der Waals surface area contributed by atoms with Gasteiger partial charge in [-0.15, -0.1) is 12.4 Å². The van der Waals surface area contributed by atoms with Gasteiger partial charge in [0.05, 0.1) is 6.54 Å². The van der Waals surface area contributed by atoms with E-state index in [0.29, 0.717) is 0 Å². The SMILES string of the molecule is Cl.O=C1CNC(=O)N1C1CCNCC1. The largest absolute Gasteiger partial charge is 0.329 e. The summed E-state index contributed by atoms with van der Waals surface area (Å²) in [4.78, 5) is 23.9. The highest BCUT2D eigenvalue weighted by atomic mass is 35.5. The van der Waals surface area contributed by atoms with E-state index in [0.717, 1.165) is 25.9 Å². The van der Waals surface area contributed by atoms with Crippen molar-refractivity contribution < 1.29 is 9.59 Å². The van der Waals surface area contributed by atoms with Crippen molar-refractivity contribution in [1.29, 1.82) is 0 Å². The molecule has 0 aromatic rings. The number of carbonyl (C=O) groups is 2. The van der Waals surface area contributed by atoms with Gasteiger partial charge in [-0.25, -0.2) is 4.79 Å². The molecule has 0 aromatic heterocycles. The predicted octanol–water partition coefficient (Wildman–Crippen LogP) is -0.288. The number of amides is 3. The van der Waals surface area contributed by atoms with Gasteiger partial charge in [0, 0.05) is 6.04 Å².